The summed E-state index contributed by atoms with van der Waals surface area (Å²) in [7, 11) is -3.40. The first kappa shape index (κ1) is 18.7. The zero-order valence-corrected chi connectivity index (χ0v) is 15.9. The second kappa shape index (κ2) is 7.26. The van der Waals surface area contributed by atoms with E-state index < -0.39 is 15.8 Å². The molecule has 8 heteroatoms. The molecule has 0 N–H and O–H groups in total. The van der Waals surface area contributed by atoms with Crippen molar-refractivity contribution in [1.29, 1.82) is 0 Å². The Morgan fingerprint density at radius 1 is 1.35 bits per heavy atom. The molecule has 0 spiro atoms. The summed E-state index contributed by atoms with van der Waals surface area (Å²) < 4.78 is 29.3. The Morgan fingerprint density at radius 2 is 2.12 bits per heavy atom. The number of sulfone groups is 1. The van der Waals surface area contributed by atoms with Gasteiger partial charge in [-0.2, -0.15) is 0 Å². The van der Waals surface area contributed by atoms with Crippen LogP contribution in [0.5, 0.6) is 5.75 Å². The molecule has 0 aliphatic carbocycles. The summed E-state index contributed by atoms with van der Waals surface area (Å²) in [6.45, 7) is 5.21. The molecule has 142 valence electrons. The molecule has 3 rings (SSSR count). The number of anilines is 1. The van der Waals surface area contributed by atoms with Crippen molar-refractivity contribution in [3.8, 4) is 5.75 Å². The Balaban J connectivity index is 1.82. The second-order valence-electron chi connectivity index (χ2n) is 6.95. The van der Waals surface area contributed by atoms with Crippen LogP contribution in [0.15, 0.2) is 23.1 Å². The van der Waals surface area contributed by atoms with Crippen LogP contribution >= 0.6 is 0 Å². The van der Waals surface area contributed by atoms with Crippen LogP contribution in [0.1, 0.15) is 26.7 Å². The molecular formula is C18H24N2O5S. The van der Waals surface area contributed by atoms with Crippen molar-refractivity contribution in [2.45, 2.75) is 31.6 Å². The smallest absolute Gasteiger partial charge is 0.331 e. The Kier molecular flexibility index (Phi) is 5.22. The molecule has 0 saturated carbocycles. The number of fused-ring (bicyclic) bond motifs is 1. The molecule has 0 radical (unpaired) electrons. The van der Waals surface area contributed by atoms with Crippen LogP contribution in [0.4, 0.5) is 5.69 Å². The first-order chi connectivity index (χ1) is 12.3. The third-order valence-corrected chi connectivity index (χ3v) is 6.62. The van der Waals surface area contributed by atoms with Crippen LogP contribution in [0.25, 0.3) is 0 Å². The van der Waals surface area contributed by atoms with Gasteiger partial charge in [-0.3, -0.25) is 4.79 Å². The van der Waals surface area contributed by atoms with Crippen LogP contribution in [0.3, 0.4) is 0 Å². The van der Waals surface area contributed by atoms with E-state index in [0.717, 1.165) is 25.9 Å². The number of benzene rings is 1. The first-order valence-electron chi connectivity index (χ1n) is 8.90. The average Bonchev–Trinajstić information content (AvgIpc) is 2.61. The molecule has 0 aromatic heterocycles. The van der Waals surface area contributed by atoms with Crippen molar-refractivity contribution < 1.29 is 22.7 Å². The number of carbonyl (C=O) groups is 2. The standard InChI is InChI=1S/C18H24N2O5S/c1-3-26(23,24)14-6-7-15-16(9-14)25-18(22)12-20(15)11-17(21)19-8-4-5-13(2)10-19/h6-7,9,13H,3-5,8,10-12H2,1-2H3. The third kappa shape index (κ3) is 3.85. The lowest BCUT2D eigenvalue weighted by Crippen LogP contribution is -2.47. The number of carbonyl (C=O) groups excluding carboxylic acids is 2. The summed E-state index contributed by atoms with van der Waals surface area (Å²) in [5, 5.41) is 0. The molecule has 2 aliphatic rings. The maximum atomic E-state index is 12.6. The predicted octanol–water partition coefficient (Wildman–Crippen LogP) is 1.46. The fourth-order valence-corrected chi connectivity index (χ4v) is 4.31. The van der Waals surface area contributed by atoms with Crippen LogP contribution in [0.2, 0.25) is 0 Å². The van der Waals surface area contributed by atoms with Gasteiger partial charge in [0.15, 0.2) is 15.6 Å². The Hall–Kier alpha value is -2.09. The van der Waals surface area contributed by atoms with Crippen molar-refractivity contribution in [3.05, 3.63) is 18.2 Å². The number of amides is 1. The van der Waals surface area contributed by atoms with E-state index >= 15 is 0 Å². The highest BCUT2D eigenvalue weighted by Gasteiger charge is 2.29. The summed E-state index contributed by atoms with van der Waals surface area (Å²) in [6.07, 6.45) is 2.11. The van der Waals surface area contributed by atoms with E-state index in [-0.39, 0.29) is 35.4 Å². The van der Waals surface area contributed by atoms with Gasteiger partial charge in [0.25, 0.3) is 0 Å². The molecule has 1 aromatic rings. The molecule has 2 heterocycles. The highest BCUT2D eigenvalue weighted by Crippen LogP contribution is 2.34. The number of hydrogen-bond donors (Lipinski definition) is 0. The number of likely N-dealkylation sites (tertiary alicyclic amines) is 1. The SMILES string of the molecule is CCS(=O)(=O)c1ccc2c(c1)OC(=O)CN2CC(=O)N1CCCC(C)C1. The van der Waals surface area contributed by atoms with Gasteiger partial charge in [-0.25, -0.2) is 13.2 Å². The molecule has 2 aliphatic heterocycles. The minimum atomic E-state index is -3.40. The van der Waals surface area contributed by atoms with E-state index in [1.54, 1.807) is 17.9 Å². The summed E-state index contributed by atoms with van der Waals surface area (Å²) in [6, 6.07) is 4.47. The van der Waals surface area contributed by atoms with E-state index in [1.807, 2.05) is 4.90 Å². The van der Waals surface area contributed by atoms with Gasteiger partial charge >= 0.3 is 5.97 Å². The van der Waals surface area contributed by atoms with Gasteiger partial charge in [0.05, 0.1) is 22.9 Å². The summed E-state index contributed by atoms with van der Waals surface area (Å²) >= 11 is 0. The molecule has 1 amide bonds. The fourth-order valence-electron chi connectivity index (χ4n) is 3.41. The van der Waals surface area contributed by atoms with E-state index in [1.165, 1.54) is 12.1 Å². The molecule has 1 fully saturated rings. The van der Waals surface area contributed by atoms with E-state index in [0.29, 0.717) is 11.6 Å². The van der Waals surface area contributed by atoms with Gasteiger partial charge in [0, 0.05) is 19.2 Å². The molecule has 1 unspecified atom stereocenters. The lowest BCUT2D eigenvalue weighted by Gasteiger charge is -2.34. The third-order valence-electron chi connectivity index (χ3n) is 4.89. The molecule has 1 atom stereocenters. The zero-order chi connectivity index (χ0) is 18.9. The van der Waals surface area contributed by atoms with E-state index in [9.17, 15) is 18.0 Å². The van der Waals surface area contributed by atoms with Crippen LogP contribution in [-0.4, -0.2) is 57.1 Å². The van der Waals surface area contributed by atoms with Gasteiger partial charge in [0.1, 0.15) is 6.54 Å². The lowest BCUT2D eigenvalue weighted by molar-refractivity contribution is -0.134. The number of ether oxygens (including phenoxy) is 1. The first-order valence-corrected chi connectivity index (χ1v) is 10.6. The summed E-state index contributed by atoms with van der Waals surface area (Å²) in [5.74, 6) is 0.115. The highest BCUT2D eigenvalue weighted by molar-refractivity contribution is 7.91. The van der Waals surface area contributed by atoms with Crippen molar-refractivity contribution in [2.75, 3.05) is 36.8 Å². The predicted molar refractivity (Wildman–Crippen MR) is 97.0 cm³/mol. The highest BCUT2D eigenvalue weighted by atomic mass is 32.2. The molecule has 7 nitrogen and oxygen atoms in total. The van der Waals surface area contributed by atoms with Crippen LogP contribution in [0, 0.1) is 5.92 Å². The van der Waals surface area contributed by atoms with Crippen molar-refractivity contribution in [3.63, 3.8) is 0 Å². The zero-order valence-electron chi connectivity index (χ0n) is 15.1. The molecule has 0 bridgehead atoms. The molecular weight excluding hydrogens is 356 g/mol. The molecule has 1 aromatic carbocycles. The van der Waals surface area contributed by atoms with Crippen molar-refractivity contribution in [2.24, 2.45) is 5.92 Å². The average molecular weight is 380 g/mol. The maximum Gasteiger partial charge on any atom is 0.331 e. The Morgan fingerprint density at radius 3 is 2.81 bits per heavy atom. The van der Waals surface area contributed by atoms with Gasteiger partial charge < -0.3 is 14.5 Å². The van der Waals surface area contributed by atoms with Gasteiger partial charge in [-0.1, -0.05) is 13.8 Å². The lowest BCUT2D eigenvalue weighted by atomic mass is 10.0. The van der Waals surface area contributed by atoms with Crippen LogP contribution < -0.4 is 9.64 Å². The quantitative estimate of drug-likeness (QED) is 0.581. The fraction of sp³-hybridized carbons (Fsp3) is 0.556. The van der Waals surface area contributed by atoms with Gasteiger partial charge in [0.2, 0.25) is 5.91 Å². The second-order valence-corrected chi connectivity index (χ2v) is 9.23. The van der Waals surface area contributed by atoms with Gasteiger partial charge in [-0.15, -0.1) is 0 Å². The van der Waals surface area contributed by atoms with Gasteiger partial charge in [-0.05, 0) is 30.9 Å². The summed E-state index contributed by atoms with van der Waals surface area (Å²) in [5.41, 5.74) is 0.568. The molecule has 1 saturated heterocycles. The Labute approximate surface area is 153 Å². The largest absolute Gasteiger partial charge is 0.423 e. The van der Waals surface area contributed by atoms with Crippen LogP contribution in [-0.2, 0) is 19.4 Å². The number of esters is 1. The minimum Gasteiger partial charge on any atom is -0.423 e. The van der Waals surface area contributed by atoms with E-state index in [2.05, 4.69) is 6.92 Å². The van der Waals surface area contributed by atoms with Crippen molar-refractivity contribution >= 4 is 27.4 Å². The topological polar surface area (TPSA) is 84.0 Å². The number of rotatable bonds is 4. The monoisotopic (exact) mass is 380 g/mol. The normalized spacial score (nSPS) is 20.5. The van der Waals surface area contributed by atoms with E-state index in [4.69, 9.17) is 4.74 Å². The summed E-state index contributed by atoms with van der Waals surface area (Å²) in [4.78, 5) is 28.2. The maximum absolute atomic E-state index is 12.6. The molecule has 26 heavy (non-hydrogen) atoms. The number of piperidine rings is 1. The number of hydrogen-bond acceptors (Lipinski definition) is 6. The van der Waals surface area contributed by atoms with Crippen molar-refractivity contribution in [1.82, 2.24) is 4.90 Å². The number of nitrogens with zero attached hydrogens (tertiary/aromatic N) is 2. The minimum absolute atomic E-state index is 0.0255. The Bertz CT molecular complexity index is 821.